The SMILES string of the molecule is c1ccc2cc(-n3c4ccccc4c4c5c6ccccc6n(-c6ccc(-c7ccc8oc9ccccc9c8c7)cc6)c5ccc43)ccc2c1. The summed E-state index contributed by atoms with van der Waals surface area (Å²) in [5.74, 6) is 0. The summed E-state index contributed by atoms with van der Waals surface area (Å²) in [6.07, 6.45) is 0. The van der Waals surface area contributed by atoms with Crippen molar-refractivity contribution < 1.29 is 4.42 Å². The Balaban J connectivity index is 1.12. The average Bonchev–Trinajstić information content (AvgIpc) is 3.82. The summed E-state index contributed by atoms with van der Waals surface area (Å²) in [6.45, 7) is 0. The molecule has 8 aromatic carbocycles. The van der Waals surface area contributed by atoms with Crippen molar-refractivity contribution >= 4 is 76.3 Å². The summed E-state index contributed by atoms with van der Waals surface area (Å²) in [4.78, 5) is 0. The number of rotatable bonds is 3. The Labute approximate surface area is 281 Å². The average molecular weight is 625 g/mol. The van der Waals surface area contributed by atoms with Crippen LogP contribution in [0.2, 0.25) is 0 Å². The first-order chi connectivity index (χ1) is 24.3. The van der Waals surface area contributed by atoms with E-state index in [-0.39, 0.29) is 0 Å². The monoisotopic (exact) mass is 624 g/mol. The molecule has 0 spiro atoms. The van der Waals surface area contributed by atoms with Crippen molar-refractivity contribution in [3.05, 3.63) is 170 Å². The van der Waals surface area contributed by atoms with E-state index in [1.807, 2.05) is 12.1 Å². The van der Waals surface area contributed by atoms with Gasteiger partial charge in [0.2, 0.25) is 0 Å². The van der Waals surface area contributed by atoms with Crippen LogP contribution in [0.5, 0.6) is 0 Å². The first-order valence-electron chi connectivity index (χ1n) is 16.8. The normalized spacial score (nSPS) is 12.1. The lowest BCUT2D eigenvalue weighted by Gasteiger charge is -2.11. The molecule has 11 rings (SSSR count). The van der Waals surface area contributed by atoms with E-state index in [9.17, 15) is 0 Å². The van der Waals surface area contributed by atoms with Crippen molar-refractivity contribution in [3.63, 3.8) is 0 Å². The molecule has 3 nitrogen and oxygen atoms in total. The first kappa shape index (κ1) is 26.5. The van der Waals surface area contributed by atoms with E-state index in [0.717, 1.165) is 27.6 Å². The van der Waals surface area contributed by atoms with Crippen LogP contribution in [0.15, 0.2) is 174 Å². The van der Waals surface area contributed by atoms with E-state index >= 15 is 0 Å². The summed E-state index contributed by atoms with van der Waals surface area (Å²) in [6, 6.07) is 61.4. The molecule has 228 valence electrons. The Morgan fingerprint density at radius 2 is 0.878 bits per heavy atom. The predicted octanol–water partition coefficient (Wildman–Crippen LogP) is 12.6. The summed E-state index contributed by atoms with van der Waals surface area (Å²) < 4.78 is 10.9. The maximum atomic E-state index is 6.09. The third kappa shape index (κ3) is 3.78. The summed E-state index contributed by atoms with van der Waals surface area (Å²) >= 11 is 0. The van der Waals surface area contributed by atoms with E-state index in [1.165, 1.54) is 71.2 Å². The molecule has 0 saturated heterocycles. The van der Waals surface area contributed by atoms with Crippen molar-refractivity contribution in [1.82, 2.24) is 9.13 Å². The molecule has 3 heteroatoms. The fourth-order valence-electron chi connectivity index (χ4n) is 8.10. The molecule has 0 radical (unpaired) electrons. The van der Waals surface area contributed by atoms with E-state index in [0.29, 0.717) is 0 Å². The minimum Gasteiger partial charge on any atom is -0.456 e. The van der Waals surface area contributed by atoms with Crippen LogP contribution >= 0.6 is 0 Å². The van der Waals surface area contributed by atoms with Gasteiger partial charge in [-0.05, 0) is 88.6 Å². The summed E-state index contributed by atoms with van der Waals surface area (Å²) in [7, 11) is 0. The van der Waals surface area contributed by atoms with Gasteiger partial charge in [-0.25, -0.2) is 0 Å². The molecule has 3 heterocycles. The number of fused-ring (bicyclic) bond motifs is 11. The Morgan fingerprint density at radius 3 is 1.61 bits per heavy atom. The van der Waals surface area contributed by atoms with Crippen LogP contribution in [-0.2, 0) is 0 Å². The molecule has 0 saturated carbocycles. The first-order valence-corrected chi connectivity index (χ1v) is 16.8. The number of aromatic nitrogens is 2. The number of nitrogens with zero attached hydrogens (tertiary/aromatic N) is 2. The lowest BCUT2D eigenvalue weighted by molar-refractivity contribution is 0.669. The highest BCUT2D eigenvalue weighted by Gasteiger charge is 2.20. The van der Waals surface area contributed by atoms with E-state index in [2.05, 4.69) is 167 Å². The molecule has 3 aromatic heterocycles. The second kappa shape index (κ2) is 9.96. The lowest BCUT2D eigenvalue weighted by Crippen LogP contribution is -1.95. The molecule has 49 heavy (non-hydrogen) atoms. The van der Waals surface area contributed by atoms with E-state index < -0.39 is 0 Å². The van der Waals surface area contributed by atoms with Gasteiger partial charge in [0.25, 0.3) is 0 Å². The van der Waals surface area contributed by atoms with Crippen LogP contribution < -0.4 is 0 Å². The number of benzene rings is 8. The minimum atomic E-state index is 0.917. The molecule has 0 amide bonds. The van der Waals surface area contributed by atoms with Gasteiger partial charge < -0.3 is 13.6 Å². The Hall–Kier alpha value is -6.58. The molecule has 0 atom stereocenters. The number of para-hydroxylation sites is 3. The van der Waals surface area contributed by atoms with Gasteiger partial charge in [0.05, 0.1) is 22.1 Å². The zero-order chi connectivity index (χ0) is 32.1. The number of furan rings is 1. The molecule has 11 aromatic rings. The van der Waals surface area contributed by atoms with Crippen molar-refractivity contribution in [2.45, 2.75) is 0 Å². The molecule has 0 aliphatic rings. The lowest BCUT2D eigenvalue weighted by atomic mass is 10.0. The van der Waals surface area contributed by atoms with E-state index in [4.69, 9.17) is 4.42 Å². The Morgan fingerprint density at radius 1 is 0.327 bits per heavy atom. The summed E-state index contributed by atoms with van der Waals surface area (Å²) in [5, 5.41) is 9.87. The van der Waals surface area contributed by atoms with E-state index in [1.54, 1.807) is 0 Å². The van der Waals surface area contributed by atoms with Crippen molar-refractivity contribution in [3.8, 4) is 22.5 Å². The highest BCUT2D eigenvalue weighted by atomic mass is 16.3. The van der Waals surface area contributed by atoms with Gasteiger partial charge in [0.1, 0.15) is 11.2 Å². The molecule has 0 fully saturated rings. The molecule has 0 unspecified atom stereocenters. The minimum absolute atomic E-state index is 0.917. The zero-order valence-corrected chi connectivity index (χ0v) is 26.5. The van der Waals surface area contributed by atoms with Crippen molar-refractivity contribution in [2.24, 2.45) is 0 Å². The maximum Gasteiger partial charge on any atom is 0.135 e. The number of hydrogen-bond donors (Lipinski definition) is 0. The van der Waals surface area contributed by atoms with Crippen LogP contribution in [0.1, 0.15) is 0 Å². The topological polar surface area (TPSA) is 23.0 Å². The Kier molecular flexibility index (Phi) is 5.38. The molecule has 0 bridgehead atoms. The smallest absolute Gasteiger partial charge is 0.135 e. The predicted molar refractivity (Wildman–Crippen MR) is 205 cm³/mol. The van der Waals surface area contributed by atoms with Crippen LogP contribution in [0, 0.1) is 0 Å². The van der Waals surface area contributed by atoms with Gasteiger partial charge in [-0.3, -0.25) is 0 Å². The van der Waals surface area contributed by atoms with Gasteiger partial charge in [0.15, 0.2) is 0 Å². The molecule has 0 N–H and O–H groups in total. The fraction of sp³-hybridized carbons (Fsp3) is 0. The van der Waals surface area contributed by atoms with Crippen molar-refractivity contribution in [2.75, 3.05) is 0 Å². The largest absolute Gasteiger partial charge is 0.456 e. The van der Waals surface area contributed by atoms with Crippen LogP contribution in [0.25, 0.3) is 98.8 Å². The fourth-order valence-corrected chi connectivity index (χ4v) is 8.10. The molecular formula is C46H28N2O. The highest BCUT2D eigenvalue weighted by molar-refractivity contribution is 6.29. The summed E-state index contributed by atoms with van der Waals surface area (Å²) in [5.41, 5.74) is 11.3. The van der Waals surface area contributed by atoms with Crippen molar-refractivity contribution in [1.29, 1.82) is 0 Å². The molecule has 0 aliphatic heterocycles. The van der Waals surface area contributed by atoms with Gasteiger partial charge in [-0.2, -0.15) is 0 Å². The molecular weight excluding hydrogens is 597 g/mol. The molecule has 0 aliphatic carbocycles. The second-order valence-electron chi connectivity index (χ2n) is 12.9. The second-order valence-corrected chi connectivity index (χ2v) is 12.9. The number of hydrogen-bond acceptors (Lipinski definition) is 1. The Bertz CT molecular complexity index is 3100. The maximum absolute atomic E-state index is 6.09. The zero-order valence-electron chi connectivity index (χ0n) is 26.5. The van der Waals surface area contributed by atoms with Crippen LogP contribution in [-0.4, -0.2) is 9.13 Å². The standard InChI is InChI=1S/C46H28N2O/c1-2-10-31-27-34(23-19-29(31)9-1)48-40-15-7-4-13-37(40)46-42(48)25-24-41-45(46)36-12-3-6-14-39(36)47(41)33-21-17-30(18-22-33)32-20-26-44-38(28-32)35-11-5-8-16-43(35)49-44/h1-28H. The van der Waals surface area contributed by atoms with Gasteiger partial charge >= 0.3 is 0 Å². The third-order valence-corrected chi connectivity index (χ3v) is 10.3. The third-order valence-electron chi connectivity index (χ3n) is 10.3. The van der Waals surface area contributed by atoms with Gasteiger partial charge in [0, 0.05) is 43.7 Å². The van der Waals surface area contributed by atoms with Crippen LogP contribution in [0.3, 0.4) is 0 Å². The van der Waals surface area contributed by atoms with Gasteiger partial charge in [-0.1, -0.05) is 103 Å². The van der Waals surface area contributed by atoms with Crippen LogP contribution in [0.4, 0.5) is 0 Å². The highest BCUT2D eigenvalue weighted by Crippen LogP contribution is 2.43. The quantitative estimate of drug-likeness (QED) is 0.192. The van der Waals surface area contributed by atoms with Gasteiger partial charge in [-0.15, -0.1) is 0 Å².